The maximum absolute atomic E-state index is 12.0. The Morgan fingerprint density at radius 2 is 2.00 bits per heavy atom. The van der Waals surface area contributed by atoms with Gasteiger partial charge in [0.15, 0.2) is 5.79 Å². The van der Waals surface area contributed by atoms with Crippen LogP contribution in [0.3, 0.4) is 0 Å². The second-order valence-electron chi connectivity index (χ2n) is 5.52. The van der Waals surface area contributed by atoms with Gasteiger partial charge in [-0.05, 0) is 26.7 Å². The molecule has 0 unspecified atom stereocenters. The van der Waals surface area contributed by atoms with Gasteiger partial charge in [-0.15, -0.1) is 0 Å². The molecule has 0 aromatic carbocycles. The van der Waals surface area contributed by atoms with Crippen LogP contribution in [0.4, 0.5) is 0 Å². The summed E-state index contributed by atoms with van der Waals surface area (Å²) in [6.45, 7) is 3.87. The highest BCUT2D eigenvalue weighted by Crippen LogP contribution is 2.44. The topological polar surface area (TPSA) is 35.5 Å². The van der Waals surface area contributed by atoms with Crippen LogP contribution in [0, 0.1) is 11.8 Å². The van der Waals surface area contributed by atoms with Gasteiger partial charge in [-0.1, -0.05) is 12.2 Å². The molecular formula is C13H18O3. The van der Waals surface area contributed by atoms with E-state index in [2.05, 4.69) is 12.2 Å². The van der Waals surface area contributed by atoms with Crippen LogP contribution in [-0.2, 0) is 14.3 Å². The van der Waals surface area contributed by atoms with Crippen LogP contribution in [-0.4, -0.2) is 23.8 Å². The van der Waals surface area contributed by atoms with Gasteiger partial charge in [-0.25, -0.2) is 0 Å². The van der Waals surface area contributed by atoms with Crippen LogP contribution in [0.2, 0.25) is 0 Å². The Bertz CT molecular complexity index is 345. The Morgan fingerprint density at radius 3 is 2.81 bits per heavy atom. The zero-order chi connectivity index (χ0) is 11.3. The fourth-order valence-electron chi connectivity index (χ4n) is 3.30. The molecule has 1 heterocycles. The number of carbonyl (C=O) groups excluding carboxylic acids is 1. The summed E-state index contributed by atoms with van der Waals surface area (Å²) in [4.78, 5) is 12.0. The van der Waals surface area contributed by atoms with Crippen LogP contribution in [0.5, 0.6) is 0 Å². The summed E-state index contributed by atoms with van der Waals surface area (Å²) >= 11 is 0. The first-order chi connectivity index (χ1) is 7.57. The fourth-order valence-corrected chi connectivity index (χ4v) is 3.30. The lowest BCUT2D eigenvalue weighted by molar-refractivity contribution is -0.149. The molecule has 1 saturated heterocycles. The summed E-state index contributed by atoms with van der Waals surface area (Å²) in [5, 5.41) is 0. The van der Waals surface area contributed by atoms with Crippen molar-refractivity contribution < 1.29 is 14.3 Å². The number of fused-ring (bicyclic) bond motifs is 3. The summed E-state index contributed by atoms with van der Waals surface area (Å²) in [5.41, 5.74) is 0. The number of ether oxygens (including phenoxy) is 2. The van der Waals surface area contributed by atoms with Crippen LogP contribution >= 0.6 is 0 Å². The van der Waals surface area contributed by atoms with Crippen molar-refractivity contribution in [2.45, 2.75) is 51.1 Å². The molecular weight excluding hydrogens is 204 g/mol. The molecule has 0 N–H and O–H groups in total. The number of allylic oxidation sites excluding steroid dienone is 2. The van der Waals surface area contributed by atoms with Crippen LogP contribution < -0.4 is 0 Å². The van der Waals surface area contributed by atoms with Crippen molar-refractivity contribution in [2.24, 2.45) is 11.8 Å². The van der Waals surface area contributed by atoms with Crippen LogP contribution in [0.1, 0.15) is 33.1 Å². The first-order valence-corrected chi connectivity index (χ1v) is 6.10. The predicted octanol–water partition coefficient (Wildman–Crippen LogP) is 2.06. The Hall–Kier alpha value is -0.670. The van der Waals surface area contributed by atoms with Gasteiger partial charge in [-0.3, -0.25) is 4.79 Å². The molecule has 2 aliphatic carbocycles. The van der Waals surface area contributed by atoms with E-state index in [-0.39, 0.29) is 18.1 Å². The molecule has 3 rings (SSSR count). The van der Waals surface area contributed by atoms with Gasteiger partial charge in [0.05, 0.1) is 12.2 Å². The van der Waals surface area contributed by atoms with Gasteiger partial charge in [0.1, 0.15) is 5.78 Å². The third-order valence-corrected chi connectivity index (χ3v) is 3.94. The molecule has 1 aliphatic heterocycles. The second kappa shape index (κ2) is 3.41. The molecule has 3 nitrogen and oxygen atoms in total. The minimum Gasteiger partial charge on any atom is -0.344 e. The monoisotopic (exact) mass is 222 g/mol. The summed E-state index contributed by atoms with van der Waals surface area (Å²) < 4.78 is 11.8. The molecule has 0 bridgehead atoms. The van der Waals surface area contributed by atoms with Gasteiger partial charge in [0, 0.05) is 18.3 Å². The average Bonchev–Trinajstić information content (AvgIpc) is 2.53. The van der Waals surface area contributed by atoms with E-state index in [1.165, 1.54) is 0 Å². The first kappa shape index (κ1) is 10.5. The second-order valence-corrected chi connectivity index (χ2v) is 5.52. The number of carbonyl (C=O) groups is 1. The maximum Gasteiger partial charge on any atom is 0.163 e. The van der Waals surface area contributed by atoms with Crippen LogP contribution in [0.15, 0.2) is 12.2 Å². The Labute approximate surface area is 95.8 Å². The van der Waals surface area contributed by atoms with E-state index in [9.17, 15) is 4.79 Å². The molecule has 1 saturated carbocycles. The number of hydrogen-bond donors (Lipinski definition) is 0. The van der Waals surface area contributed by atoms with Crippen molar-refractivity contribution in [3.05, 3.63) is 12.2 Å². The third-order valence-electron chi connectivity index (χ3n) is 3.94. The molecule has 3 heteroatoms. The molecule has 0 aromatic heterocycles. The lowest BCUT2D eigenvalue weighted by Gasteiger charge is -2.37. The summed E-state index contributed by atoms with van der Waals surface area (Å²) in [5.74, 6) is 0.338. The largest absolute Gasteiger partial charge is 0.344 e. The highest BCUT2D eigenvalue weighted by Gasteiger charge is 2.52. The molecule has 16 heavy (non-hydrogen) atoms. The van der Waals surface area contributed by atoms with Crippen molar-refractivity contribution in [3.8, 4) is 0 Å². The molecule has 0 spiro atoms. The molecule has 88 valence electrons. The minimum atomic E-state index is -0.522. The number of rotatable bonds is 0. The van der Waals surface area contributed by atoms with Crippen molar-refractivity contribution in [1.82, 2.24) is 0 Å². The molecule has 4 atom stereocenters. The maximum atomic E-state index is 12.0. The number of ketones is 1. The Kier molecular flexibility index (Phi) is 2.23. The van der Waals surface area contributed by atoms with Gasteiger partial charge >= 0.3 is 0 Å². The SMILES string of the molecule is CC1(C)O[C@@H]2[C@H]3CC=CC[C@H]3C(=O)C[C@@H]2O1. The van der Waals surface area contributed by atoms with E-state index in [1.54, 1.807) is 0 Å². The van der Waals surface area contributed by atoms with E-state index >= 15 is 0 Å². The van der Waals surface area contributed by atoms with E-state index in [1.807, 2.05) is 13.8 Å². The molecule has 0 amide bonds. The number of Topliss-reactive ketones (excluding diaryl/α,β-unsaturated/α-hetero) is 1. The molecule has 0 aromatic rings. The summed E-state index contributed by atoms with van der Waals surface area (Å²) in [6.07, 6.45) is 6.76. The van der Waals surface area contributed by atoms with Gasteiger partial charge in [0.2, 0.25) is 0 Å². The lowest BCUT2D eigenvalue weighted by atomic mass is 9.70. The van der Waals surface area contributed by atoms with Crippen LogP contribution in [0.25, 0.3) is 0 Å². The van der Waals surface area contributed by atoms with E-state index in [0.717, 1.165) is 12.8 Å². The molecule has 3 aliphatic rings. The zero-order valence-corrected chi connectivity index (χ0v) is 9.81. The highest BCUT2D eigenvalue weighted by molar-refractivity contribution is 5.83. The van der Waals surface area contributed by atoms with Gasteiger partial charge in [0.25, 0.3) is 0 Å². The van der Waals surface area contributed by atoms with Crippen molar-refractivity contribution >= 4 is 5.78 Å². The molecule has 0 radical (unpaired) electrons. The normalized spacial score (nSPS) is 45.2. The first-order valence-electron chi connectivity index (χ1n) is 6.10. The highest BCUT2D eigenvalue weighted by atomic mass is 16.8. The smallest absolute Gasteiger partial charge is 0.163 e. The Balaban J connectivity index is 1.88. The number of hydrogen-bond acceptors (Lipinski definition) is 3. The standard InChI is InChI=1S/C13H18O3/c1-13(2)15-11-7-10(14)8-5-3-4-6-9(8)12(11)16-13/h3-4,8-9,11-12H,5-7H2,1-2H3/t8-,9+,11+,12-/m1/s1. The lowest BCUT2D eigenvalue weighted by Crippen LogP contribution is -2.46. The van der Waals surface area contributed by atoms with Gasteiger partial charge < -0.3 is 9.47 Å². The van der Waals surface area contributed by atoms with E-state index in [4.69, 9.17) is 9.47 Å². The summed E-state index contributed by atoms with van der Waals surface area (Å²) in [6, 6.07) is 0. The minimum absolute atomic E-state index is 0.0183. The van der Waals surface area contributed by atoms with Crippen molar-refractivity contribution in [1.29, 1.82) is 0 Å². The zero-order valence-electron chi connectivity index (χ0n) is 9.81. The Morgan fingerprint density at radius 1 is 1.25 bits per heavy atom. The third kappa shape index (κ3) is 1.54. The molecule has 2 fully saturated rings. The van der Waals surface area contributed by atoms with E-state index in [0.29, 0.717) is 18.1 Å². The van der Waals surface area contributed by atoms with Crippen molar-refractivity contribution in [3.63, 3.8) is 0 Å². The van der Waals surface area contributed by atoms with E-state index < -0.39 is 5.79 Å². The fraction of sp³-hybridized carbons (Fsp3) is 0.769. The quantitative estimate of drug-likeness (QED) is 0.588. The van der Waals surface area contributed by atoms with Gasteiger partial charge in [-0.2, -0.15) is 0 Å². The predicted molar refractivity (Wildman–Crippen MR) is 58.8 cm³/mol. The average molecular weight is 222 g/mol. The van der Waals surface area contributed by atoms with Crippen molar-refractivity contribution in [2.75, 3.05) is 0 Å². The summed E-state index contributed by atoms with van der Waals surface area (Å²) in [7, 11) is 0.